The van der Waals surface area contributed by atoms with Crippen LogP contribution in [0.1, 0.15) is 32.1 Å². The lowest BCUT2D eigenvalue weighted by Gasteiger charge is -2.31. The Hall–Kier alpha value is -3.96. The first-order valence-corrected chi connectivity index (χ1v) is 12.5. The zero-order valence-corrected chi connectivity index (χ0v) is 20.7. The van der Waals surface area contributed by atoms with Crippen LogP contribution in [-0.4, -0.2) is 40.5 Å². The Balaban J connectivity index is 1.27. The molecular formula is C28H24ClFN4O3. The monoisotopic (exact) mass is 518 g/mol. The number of hydrogen-bond donors (Lipinski definition) is 0. The molecule has 1 aromatic heterocycles. The van der Waals surface area contributed by atoms with Gasteiger partial charge in [0.25, 0.3) is 5.91 Å². The number of benzene rings is 2. The number of nitrogens with zero attached hydrogens (tertiary/aromatic N) is 4. The molecule has 3 amide bonds. The van der Waals surface area contributed by atoms with Crippen molar-refractivity contribution in [3.05, 3.63) is 83.2 Å². The van der Waals surface area contributed by atoms with Crippen molar-refractivity contribution in [3.8, 4) is 16.9 Å². The van der Waals surface area contributed by atoms with E-state index >= 15 is 0 Å². The smallest absolute Gasteiger partial charge is 0.332 e. The number of halogens is 2. The van der Waals surface area contributed by atoms with Gasteiger partial charge in [0.05, 0.1) is 18.9 Å². The van der Waals surface area contributed by atoms with Crippen molar-refractivity contribution in [3.63, 3.8) is 0 Å². The van der Waals surface area contributed by atoms with Crippen LogP contribution in [0.4, 0.5) is 20.6 Å². The van der Waals surface area contributed by atoms with Crippen molar-refractivity contribution in [1.82, 2.24) is 9.88 Å². The Morgan fingerprint density at radius 2 is 1.84 bits per heavy atom. The highest BCUT2D eigenvalue weighted by molar-refractivity contribution is 6.34. The molecule has 1 saturated heterocycles. The minimum Gasteiger partial charge on any atom is -0.493 e. The van der Waals surface area contributed by atoms with Crippen molar-refractivity contribution >= 4 is 34.9 Å². The van der Waals surface area contributed by atoms with Gasteiger partial charge in [0, 0.05) is 35.6 Å². The Kier molecular flexibility index (Phi) is 6.81. The van der Waals surface area contributed by atoms with Crippen LogP contribution in [0, 0.1) is 12.4 Å². The predicted molar refractivity (Wildman–Crippen MR) is 138 cm³/mol. The summed E-state index contributed by atoms with van der Waals surface area (Å²) in [6, 6.07) is 12.4. The van der Waals surface area contributed by atoms with E-state index in [1.165, 1.54) is 23.1 Å². The molecule has 1 aliphatic heterocycles. The first kappa shape index (κ1) is 24.7. The second-order valence-electron chi connectivity index (χ2n) is 9.14. The van der Waals surface area contributed by atoms with E-state index in [-0.39, 0.29) is 23.2 Å². The maximum atomic E-state index is 14.6. The molecule has 0 unspecified atom stereocenters. The average Bonchev–Trinajstić information content (AvgIpc) is 3.47. The summed E-state index contributed by atoms with van der Waals surface area (Å²) < 4.78 is 20.4. The summed E-state index contributed by atoms with van der Waals surface area (Å²) in [4.78, 5) is 37.1. The molecule has 3 aromatic rings. The summed E-state index contributed by atoms with van der Waals surface area (Å²) in [7, 11) is 0. The molecule has 1 saturated carbocycles. The largest absolute Gasteiger partial charge is 0.493 e. The van der Waals surface area contributed by atoms with Gasteiger partial charge in [0.1, 0.15) is 17.1 Å². The van der Waals surface area contributed by atoms with Crippen LogP contribution in [0.2, 0.25) is 5.02 Å². The molecule has 0 radical (unpaired) electrons. The average molecular weight is 519 g/mol. The Morgan fingerprint density at radius 1 is 1.08 bits per heavy atom. The van der Waals surface area contributed by atoms with E-state index in [1.807, 2.05) is 0 Å². The summed E-state index contributed by atoms with van der Waals surface area (Å²) in [6.07, 6.45) is 6.62. The Morgan fingerprint density at radius 3 is 2.51 bits per heavy atom. The van der Waals surface area contributed by atoms with E-state index in [0.717, 1.165) is 18.4 Å². The quantitative estimate of drug-likeness (QED) is 0.200. The van der Waals surface area contributed by atoms with Gasteiger partial charge < -0.3 is 9.64 Å². The third-order valence-corrected chi connectivity index (χ3v) is 7.31. The van der Waals surface area contributed by atoms with Gasteiger partial charge in [-0.25, -0.2) is 18.9 Å². The number of amides is 3. The number of anilines is 1. The number of carbonyl (C=O) groups excluding carboxylic acids is 2. The minimum atomic E-state index is -0.875. The lowest BCUT2D eigenvalue weighted by Crippen LogP contribution is -2.48. The normalized spacial score (nSPS) is 16.5. The molecule has 2 fully saturated rings. The molecule has 0 N–H and O–H groups in total. The van der Waals surface area contributed by atoms with Crippen LogP contribution < -0.4 is 9.64 Å². The van der Waals surface area contributed by atoms with Gasteiger partial charge in [0.15, 0.2) is 0 Å². The Labute approximate surface area is 219 Å². The fraction of sp³-hybridized carbons (Fsp3) is 0.286. The molecule has 2 aromatic carbocycles. The highest BCUT2D eigenvalue weighted by atomic mass is 35.5. The molecule has 5 rings (SSSR count). The lowest BCUT2D eigenvalue weighted by molar-refractivity contribution is -0.124. The molecule has 0 atom stereocenters. The number of pyridine rings is 1. The van der Waals surface area contributed by atoms with E-state index in [4.69, 9.17) is 22.9 Å². The van der Waals surface area contributed by atoms with Crippen LogP contribution in [0.5, 0.6) is 5.75 Å². The molecule has 7 nitrogen and oxygen atoms in total. The van der Waals surface area contributed by atoms with E-state index < -0.39 is 17.4 Å². The molecule has 1 aliphatic carbocycles. The number of hydrogen-bond acceptors (Lipinski definition) is 4. The van der Waals surface area contributed by atoms with E-state index in [2.05, 4.69) is 9.83 Å². The lowest BCUT2D eigenvalue weighted by atomic mass is 9.95. The standard InChI is InChI=1S/C28H24ClFN4O3/c1-31-25-8-5-20(17-23(25)29)34-26(35)28(11-2-3-12-28)33(27(34)36)15-4-16-37-21-6-7-22(24(30)18-21)19-9-13-32-14-10-19/h5-10,13-14,17-18H,2-4,11-12,15-16H2. The van der Waals surface area contributed by atoms with Crippen LogP contribution in [0.3, 0.4) is 0 Å². The second-order valence-corrected chi connectivity index (χ2v) is 9.55. The third kappa shape index (κ3) is 4.51. The van der Waals surface area contributed by atoms with Gasteiger partial charge in [-0.2, -0.15) is 0 Å². The SMILES string of the molecule is [C-]#[N+]c1ccc(N2C(=O)N(CCCOc3ccc(-c4ccncc4)c(F)c3)C3(CCCC3)C2=O)cc1Cl. The molecule has 2 aliphatic rings. The maximum Gasteiger partial charge on any atom is 0.332 e. The molecule has 9 heteroatoms. The molecule has 0 bridgehead atoms. The van der Waals surface area contributed by atoms with Gasteiger partial charge in [-0.1, -0.05) is 30.5 Å². The molecular weight excluding hydrogens is 495 g/mol. The van der Waals surface area contributed by atoms with Gasteiger partial charge in [-0.3, -0.25) is 9.78 Å². The maximum absolute atomic E-state index is 14.6. The molecule has 2 heterocycles. The second kappa shape index (κ2) is 10.2. The van der Waals surface area contributed by atoms with Crippen LogP contribution in [0.25, 0.3) is 16.0 Å². The highest BCUT2D eigenvalue weighted by Crippen LogP contribution is 2.44. The number of rotatable bonds is 7. The summed E-state index contributed by atoms with van der Waals surface area (Å²) in [5, 5.41) is 0.197. The summed E-state index contributed by atoms with van der Waals surface area (Å²) in [5.41, 5.74) is 0.943. The van der Waals surface area contributed by atoms with Crippen molar-refractivity contribution in [2.24, 2.45) is 0 Å². The van der Waals surface area contributed by atoms with Gasteiger partial charge in [-0.05, 0) is 61.2 Å². The first-order valence-electron chi connectivity index (χ1n) is 12.1. The van der Waals surface area contributed by atoms with Gasteiger partial charge in [-0.15, -0.1) is 0 Å². The van der Waals surface area contributed by atoms with E-state index in [0.29, 0.717) is 42.8 Å². The van der Waals surface area contributed by atoms with E-state index in [1.54, 1.807) is 47.6 Å². The van der Waals surface area contributed by atoms with Crippen LogP contribution in [0.15, 0.2) is 60.9 Å². The first-order chi connectivity index (χ1) is 17.9. The van der Waals surface area contributed by atoms with E-state index in [9.17, 15) is 14.0 Å². The van der Waals surface area contributed by atoms with Crippen molar-refractivity contribution in [2.45, 2.75) is 37.6 Å². The fourth-order valence-corrected chi connectivity index (χ4v) is 5.40. The third-order valence-electron chi connectivity index (χ3n) is 7.01. The van der Waals surface area contributed by atoms with Crippen molar-refractivity contribution in [2.75, 3.05) is 18.1 Å². The zero-order valence-electron chi connectivity index (χ0n) is 20.0. The molecule has 37 heavy (non-hydrogen) atoms. The number of urea groups is 1. The number of aromatic nitrogens is 1. The summed E-state index contributed by atoms with van der Waals surface area (Å²) >= 11 is 6.18. The number of carbonyl (C=O) groups is 2. The topological polar surface area (TPSA) is 67.1 Å². The summed E-state index contributed by atoms with van der Waals surface area (Å²) in [5.74, 6) is -0.255. The van der Waals surface area contributed by atoms with Gasteiger partial charge in [0.2, 0.25) is 5.69 Å². The van der Waals surface area contributed by atoms with Gasteiger partial charge >= 0.3 is 6.03 Å². The zero-order chi connectivity index (χ0) is 26.0. The fourth-order valence-electron chi connectivity index (χ4n) is 5.18. The molecule has 188 valence electrons. The number of imide groups is 1. The van der Waals surface area contributed by atoms with Crippen molar-refractivity contribution < 1.29 is 18.7 Å². The van der Waals surface area contributed by atoms with Crippen molar-refractivity contribution in [1.29, 1.82) is 0 Å². The highest BCUT2D eigenvalue weighted by Gasteiger charge is 2.58. The number of ether oxygens (including phenoxy) is 1. The predicted octanol–water partition coefficient (Wildman–Crippen LogP) is 6.64. The Bertz CT molecular complexity index is 1390. The summed E-state index contributed by atoms with van der Waals surface area (Å²) in [6.45, 7) is 7.76. The van der Waals surface area contributed by atoms with Crippen LogP contribution >= 0.6 is 11.6 Å². The minimum absolute atomic E-state index is 0.197. The molecule has 1 spiro atoms. The van der Waals surface area contributed by atoms with Crippen LogP contribution in [-0.2, 0) is 4.79 Å².